The van der Waals surface area contributed by atoms with Gasteiger partial charge in [0.05, 0.1) is 6.26 Å². The molecule has 0 N–H and O–H groups in total. The summed E-state index contributed by atoms with van der Waals surface area (Å²) in [6.45, 7) is 9.34. The van der Waals surface area contributed by atoms with Crippen molar-refractivity contribution in [2.45, 2.75) is 51.2 Å². The van der Waals surface area contributed by atoms with Crippen LogP contribution < -0.4 is 0 Å². The zero-order valence-electron chi connectivity index (χ0n) is 11.8. The molecule has 1 atom stereocenters. The summed E-state index contributed by atoms with van der Waals surface area (Å²) in [6, 6.07) is 0. The Morgan fingerprint density at radius 1 is 1.16 bits per heavy atom. The van der Waals surface area contributed by atoms with Crippen LogP contribution in [0.5, 0.6) is 0 Å². The highest BCUT2D eigenvalue weighted by atomic mass is 32.2. The molecule has 1 unspecified atom stereocenters. The molecule has 0 saturated carbocycles. The first-order valence-electron chi connectivity index (χ1n) is 5.54. The predicted molar refractivity (Wildman–Crippen MR) is 70.7 cm³/mol. The topological polar surface area (TPSA) is 43.4 Å². The van der Waals surface area contributed by atoms with E-state index in [1.54, 1.807) is 0 Å². The van der Waals surface area contributed by atoms with Gasteiger partial charge in [-0.25, -0.2) is 4.18 Å². The quantitative estimate of drug-likeness (QED) is 0.447. The van der Waals surface area contributed by atoms with E-state index in [0.717, 1.165) is 0 Å². The molecule has 0 radical (unpaired) electrons. The van der Waals surface area contributed by atoms with Crippen LogP contribution in [0.25, 0.3) is 0 Å². The monoisotopic (exact) mass is 316 g/mol. The molecule has 8 heteroatoms. The molecule has 0 aliphatic rings. The molecular formula is C11H19F3O3SSi. The van der Waals surface area contributed by atoms with Gasteiger partial charge in [0, 0.05) is 0 Å². The van der Waals surface area contributed by atoms with E-state index in [9.17, 15) is 21.6 Å². The molecule has 0 fully saturated rings. The summed E-state index contributed by atoms with van der Waals surface area (Å²) < 4.78 is 63.6. The fourth-order valence-corrected chi connectivity index (χ4v) is 2.14. The summed E-state index contributed by atoms with van der Waals surface area (Å²) in [6.07, 6.45) is -6.87. The fraction of sp³-hybridized carbons (Fsp3) is 0.818. The molecule has 0 bridgehead atoms. The van der Waals surface area contributed by atoms with Crippen LogP contribution in [0.3, 0.4) is 0 Å². The Morgan fingerprint density at radius 2 is 1.58 bits per heavy atom. The van der Waals surface area contributed by atoms with Crippen LogP contribution in [0.1, 0.15) is 20.8 Å². The van der Waals surface area contributed by atoms with Crippen molar-refractivity contribution < 1.29 is 25.8 Å². The van der Waals surface area contributed by atoms with E-state index in [0.29, 0.717) is 6.26 Å². The Labute approximate surface area is 113 Å². The van der Waals surface area contributed by atoms with Crippen LogP contribution in [-0.2, 0) is 14.3 Å². The Balaban J connectivity index is 5.40. The third-order valence-electron chi connectivity index (χ3n) is 2.96. The summed E-state index contributed by atoms with van der Waals surface area (Å²) in [5.74, 6) is 1.95. The molecule has 0 aromatic heterocycles. The summed E-state index contributed by atoms with van der Waals surface area (Å²) in [5.41, 5.74) is 2.61. The van der Waals surface area contributed by atoms with Crippen LogP contribution in [-0.4, -0.2) is 35.0 Å². The van der Waals surface area contributed by atoms with Crippen molar-refractivity contribution >= 4 is 18.2 Å². The van der Waals surface area contributed by atoms with Crippen molar-refractivity contribution in [1.82, 2.24) is 0 Å². The largest absolute Gasteiger partial charge is 0.427 e. The third kappa shape index (κ3) is 6.45. The van der Waals surface area contributed by atoms with Gasteiger partial charge in [-0.15, -0.1) is 5.54 Å². The minimum atomic E-state index is -4.83. The maximum Gasteiger partial charge on any atom is 0.427 e. The molecule has 0 aliphatic heterocycles. The lowest BCUT2D eigenvalue weighted by Gasteiger charge is -2.31. The summed E-state index contributed by atoms with van der Waals surface area (Å²) in [5, 5.41) is -0.221. The third-order valence-corrected chi connectivity index (χ3v) is 8.02. The van der Waals surface area contributed by atoms with Gasteiger partial charge in [0.25, 0.3) is 10.1 Å². The highest BCUT2D eigenvalue weighted by molar-refractivity contribution is 7.86. The molecule has 0 aromatic rings. The van der Waals surface area contributed by atoms with E-state index in [2.05, 4.69) is 9.73 Å². The second-order valence-electron chi connectivity index (χ2n) is 5.87. The van der Waals surface area contributed by atoms with E-state index >= 15 is 0 Å². The lowest BCUT2D eigenvalue weighted by Crippen LogP contribution is -2.37. The van der Waals surface area contributed by atoms with E-state index in [4.69, 9.17) is 0 Å². The Bertz CT molecular complexity index is 478. The van der Waals surface area contributed by atoms with E-state index in [1.165, 1.54) is 0 Å². The second kappa shape index (κ2) is 5.46. The zero-order chi connectivity index (χ0) is 15.7. The summed E-state index contributed by atoms with van der Waals surface area (Å²) in [4.78, 5) is 0. The van der Waals surface area contributed by atoms with Crippen molar-refractivity contribution in [2.75, 3.05) is 6.26 Å². The van der Waals surface area contributed by atoms with Crippen molar-refractivity contribution in [1.29, 1.82) is 0 Å². The molecule has 0 rings (SSSR count). The normalized spacial score (nSPS) is 15.6. The molecule has 0 saturated heterocycles. The van der Waals surface area contributed by atoms with Gasteiger partial charge < -0.3 is 0 Å². The van der Waals surface area contributed by atoms with Crippen LogP contribution in [0, 0.1) is 11.5 Å². The summed E-state index contributed by atoms with van der Waals surface area (Å²) >= 11 is 0. The standard InChI is InChI=1S/C11H19F3O3SSi/c1-10(2,3)19(5,6)8-7-9(11(12,13)14)17-18(4,15)16/h9H,1-6H3. The van der Waals surface area contributed by atoms with Crippen LogP contribution in [0.4, 0.5) is 13.2 Å². The van der Waals surface area contributed by atoms with Crippen LogP contribution in [0.2, 0.25) is 18.1 Å². The van der Waals surface area contributed by atoms with Gasteiger partial charge in [0.2, 0.25) is 6.10 Å². The van der Waals surface area contributed by atoms with E-state index in [-0.39, 0.29) is 5.04 Å². The van der Waals surface area contributed by atoms with Gasteiger partial charge in [-0.05, 0) is 5.04 Å². The molecule has 0 spiro atoms. The highest BCUT2D eigenvalue weighted by Gasteiger charge is 2.43. The zero-order valence-corrected chi connectivity index (χ0v) is 13.7. The van der Waals surface area contributed by atoms with Gasteiger partial charge in [-0.3, -0.25) is 0 Å². The smallest absolute Gasteiger partial charge is 0.244 e. The van der Waals surface area contributed by atoms with Gasteiger partial charge in [0.1, 0.15) is 8.07 Å². The Hall–Kier alpha value is -0.523. The van der Waals surface area contributed by atoms with Crippen molar-refractivity contribution in [2.24, 2.45) is 0 Å². The molecule has 0 aliphatic carbocycles. The average molecular weight is 316 g/mol. The van der Waals surface area contributed by atoms with Gasteiger partial charge in [0.15, 0.2) is 0 Å². The van der Waals surface area contributed by atoms with E-state index < -0.39 is 30.5 Å². The summed E-state index contributed by atoms with van der Waals surface area (Å²) in [7, 11) is -6.47. The number of halogens is 3. The molecule has 3 nitrogen and oxygen atoms in total. The Kier molecular flexibility index (Phi) is 5.31. The molecule has 112 valence electrons. The second-order valence-corrected chi connectivity index (χ2v) is 12.5. The fourth-order valence-electron chi connectivity index (χ4n) is 0.769. The maximum absolute atomic E-state index is 12.6. The maximum atomic E-state index is 12.6. The minimum Gasteiger partial charge on any atom is -0.244 e. The van der Waals surface area contributed by atoms with Crippen LogP contribution >= 0.6 is 0 Å². The number of alkyl halides is 3. The Morgan fingerprint density at radius 3 is 1.84 bits per heavy atom. The number of hydrogen-bond donors (Lipinski definition) is 0. The molecule has 0 heterocycles. The first-order chi connectivity index (χ1) is 8.06. The lowest BCUT2D eigenvalue weighted by molar-refractivity contribution is -0.175. The molecule has 0 amide bonds. The van der Waals surface area contributed by atoms with Crippen molar-refractivity contribution in [3.8, 4) is 11.5 Å². The molecular weight excluding hydrogens is 297 g/mol. The first-order valence-corrected chi connectivity index (χ1v) is 10.4. The van der Waals surface area contributed by atoms with E-state index in [1.807, 2.05) is 39.8 Å². The highest BCUT2D eigenvalue weighted by Crippen LogP contribution is 2.35. The predicted octanol–water partition coefficient (Wildman–Crippen LogP) is 2.94. The van der Waals surface area contributed by atoms with Gasteiger partial charge in [-0.2, -0.15) is 21.6 Å². The average Bonchev–Trinajstić information content (AvgIpc) is 2.06. The molecule has 0 aromatic carbocycles. The van der Waals surface area contributed by atoms with Crippen molar-refractivity contribution in [3.05, 3.63) is 0 Å². The minimum absolute atomic E-state index is 0.221. The first kappa shape index (κ1) is 18.5. The SMILES string of the molecule is CC(C)(C)[Si](C)(C)C#CC(OS(C)(=O)=O)C(F)(F)F. The van der Waals surface area contributed by atoms with Crippen LogP contribution in [0.15, 0.2) is 0 Å². The lowest BCUT2D eigenvalue weighted by atomic mass is 10.2. The molecule has 19 heavy (non-hydrogen) atoms. The number of rotatable bonds is 2. The van der Waals surface area contributed by atoms with Gasteiger partial charge >= 0.3 is 6.18 Å². The van der Waals surface area contributed by atoms with Crippen molar-refractivity contribution in [3.63, 3.8) is 0 Å². The van der Waals surface area contributed by atoms with Gasteiger partial charge in [-0.1, -0.05) is 39.8 Å². The number of hydrogen-bond acceptors (Lipinski definition) is 3.